The molecule has 0 atom stereocenters. The van der Waals surface area contributed by atoms with E-state index in [2.05, 4.69) is 10.6 Å². The summed E-state index contributed by atoms with van der Waals surface area (Å²) in [6.07, 6.45) is 1.98. The Morgan fingerprint density at radius 3 is 2.20 bits per heavy atom. The molecule has 1 aliphatic carbocycles. The van der Waals surface area contributed by atoms with Gasteiger partial charge in [-0.2, -0.15) is 0 Å². The van der Waals surface area contributed by atoms with Crippen molar-refractivity contribution in [1.29, 1.82) is 0 Å². The Bertz CT molecular complexity index is 740. The highest BCUT2D eigenvalue weighted by Crippen LogP contribution is 2.30. The highest BCUT2D eigenvalue weighted by Gasteiger charge is 2.29. The molecule has 0 bridgehead atoms. The van der Waals surface area contributed by atoms with Crippen LogP contribution in [0, 0.1) is 5.92 Å². The van der Waals surface area contributed by atoms with E-state index in [1.165, 1.54) is 11.8 Å². The number of ether oxygens (including phenoxy) is 1. The lowest BCUT2D eigenvalue weighted by Gasteiger charge is -2.07. The molecule has 0 unspecified atom stereocenters. The molecule has 0 aromatic heterocycles. The fourth-order valence-corrected chi connectivity index (χ4v) is 2.94. The molecule has 0 aliphatic heterocycles. The molecule has 25 heavy (non-hydrogen) atoms. The number of carbonyl (C=O) groups excluding carboxylic acids is 2. The molecule has 2 aromatic carbocycles. The molecule has 1 aliphatic rings. The lowest BCUT2D eigenvalue weighted by Crippen LogP contribution is -2.14. The van der Waals surface area contributed by atoms with Crippen molar-refractivity contribution in [3.05, 3.63) is 48.5 Å². The zero-order chi connectivity index (χ0) is 17.6. The number of benzene rings is 2. The minimum atomic E-state index is -0.0683. The van der Waals surface area contributed by atoms with Gasteiger partial charge in [-0.3, -0.25) is 9.59 Å². The van der Waals surface area contributed by atoms with Gasteiger partial charge in [0.15, 0.2) is 0 Å². The zero-order valence-corrected chi connectivity index (χ0v) is 14.8. The number of rotatable bonds is 7. The van der Waals surface area contributed by atoms with Gasteiger partial charge in [-0.15, -0.1) is 11.8 Å². The van der Waals surface area contributed by atoms with E-state index in [9.17, 15) is 9.59 Å². The lowest BCUT2D eigenvalue weighted by molar-refractivity contribution is -0.117. The number of anilines is 2. The second-order valence-electron chi connectivity index (χ2n) is 5.85. The topological polar surface area (TPSA) is 67.4 Å². The van der Waals surface area contributed by atoms with Crippen LogP contribution in [-0.4, -0.2) is 24.7 Å². The molecular weight excluding hydrogens is 336 g/mol. The smallest absolute Gasteiger partial charge is 0.234 e. The normalized spacial score (nSPS) is 13.2. The van der Waals surface area contributed by atoms with Crippen LogP contribution in [0.4, 0.5) is 11.4 Å². The molecule has 0 radical (unpaired) electrons. The summed E-state index contributed by atoms with van der Waals surface area (Å²) in [7, 11) is 1.60. The third-order valence-electron chi connectivity index (χ3n) is 3.81. The van der Waals surface area contributed by atoms with E-state index in [4.69, 9.17) is 4.74 Å². The van der Waals surface area contributed by atoms with Crippen LogP contribution >= 0.6 is 11.8 Å². The van der Waals surface area contributed by atoms with Crippen molar-refractivity contribution >= 4 is 35.0 Å². The van der Waals surface area contributed by atoms with Crippen molar-refractivity contribution in [3.63, 3.8) is 0 Å². The number of methoxy groups -OCH3 is 1. The molecular formula is C19H20N2O3S. The third kappa shape index (κ3) is 5.26. The quantitative estimate of drug-likeness (QED) is 0.741. The van der Waals surface area contributed by atoms with Crippen LogP contribution in [0.3, 0.4) is 0 Å². The van der Waals surface area contributed by atoms with Gasteiger partial charge < -0.3 is 15.4 Å². The van der Waals surface area contributed by atoms with Crippen LogP contribution in [0.25, 0.3) is 0 Å². The van der Waals surface area contributed by atoms with Crippen molar-refractivity contribution in [2.75, 3.05) is 23.5 Å². The van der Waals surface area contributed by atoms with Crippen molar-refractivity contribution in [1.82, 2.24) is 0 Å². The van der Waals surface area contributed by atoms with Gasteiger partial charge in [-0.1, -0.05) is 0 Å². The summed E-state index contributed by atoms with van der Waals surface area (Å²) >= 11 is 1.45. The van der Waals surface area contributed by atoms with Crippen LogP contribution in [0.2, 0.25) is 0 Å². The zero-order valence-electron chi connectivity index (χ0n) is 14.0. The monoisotopic (exact) mass is 356 g/mol. The molecule has 0 spiro atoms. The Kier molecular flexibility index (Phi) is 5.60. The van der Waals surface area contributed by atoms with Crippen molar-refractivity contribution in [2.45, 2.75) is 17.7 Å². The molecule has 2 amide bonds. The van der Waals surface area contributed by atoms with Crippen molar-refractivity contribution in [3.8, 4) is 5.75 Å². The van der Waals surface area contributed by atoms with Crippen molar-refractivity contribution < 1.29 is 14.3 Å². The second kappa shape index (κ2) is 8.07. The summed E-state index contributed by atoms with van der Waals surface area (Å²) in [5.74, 6) is 1.29. The number of amides is 2. The summed E-state index contributed by atoms with van der Waals surface area (Å²) in [6, 6.07) is 14.8. The van der Waals surface area contributed by atoms with Crippen LogP contribution in [0.5, 0.6) is 5.75 Å². The summed E-state index contributed by atoms with van der Waals surface area (Å²) in [5, 5.41) is 5.75. The predicted molar refractivity (Wildman–Crippen MR) is 100 cm³/mol. The van der Waals surface area contributed by atoms with Crippen LogP contribution < -0.4 is 15.4 Å². The maximum atomic E-state index is 12.0. The van der Waals surface area contributed by atoms with Gasteiger partial charge in [0, 0.05) is 22.2 Å². The highest BCUT2D eigenvalue weighted by atomic mass is 32.2. The van der Waals surface area contributed by atoms with E-state index >= 15 is 0 Å². The summed E-state index contributed by atoms with van der Waals surface area (Å²) in [5.41, 5.74) is 1.54. The van der Waals surface area contributed by atoms with E-state index in [0.29, 0.717) is 5.75 Å². The van der Waals surface area contributed by atoms with Gasteiger partial charge in [-0.05, 0) is 61.4 Å². The Hall–Kier alpha value is -2.47. The van der Waals surface area contributed by atoms with Gasteiger partial charge in [0.2, 0.25) is 11.8 Å². The molecule has 130 valence electrons. The van der Waals surface area contributed by atoms with E-state index < -0.39 is 0 Å². The first kappa shape index (κ1) is 17.4. The van der Waals surface area contributed by atoms with Gasteiger partial charge in [0.05, 0.1) is 12.9 Å². The van der Waals surface area contributed by atoms with E-state index in [0.717, 1.165) is 34.9 Å². The molecule has 0 saturated heterocycles. The largest absolute Gasteiger partial charge is 0.497 e. The Morgan fingerprint density at radius 1 is 1.00 bits per heavy atom. The number of thioether (sulfide) groups is 1. The number of carbonyl (C=O) groups is 2. The fourth-order valence-electron chi connectivity index (χ4n) is 2.24. The van der Waals surface area contributed by atoms with Gasteiger partial charge in [0.1, 0.15) is 5.75 Å². The van der Waals surface area contributed by atoms with Crippen LogP contribution in [-0.2, 0) is 9.59 Å². The number of nitrogens with one attached hydrogen (secondary N) is 2. The number of hydrogen-bond donors (Lipinski definition) is 2. The molecule has 1 fully saturated rings. The third-order valence-corrected chi connectivity index (χ3v) is 4.83. The predicted octanol–water partition coefficient (Wildman–Crippen LogP) is 3.77. The lowest BCUT2D eigenvalue weighted by atomic mass is 10.3. The van der Waals surface area contributed by atoms with E-state index in [1.54, 1.807) is 31.4 Å². The Labute approximate surface area is 151 Å². The van der Waals surface area contributed by atoms with Gasteiger partial charge in [-0.25, -0.2) is 0 Å². The average Bonchev–Trinajstić information content (AvgIpc) is 3.47. The Morgan fingerprint density at radius 2 is 1.60 bits per heavy atom. The second-order valence-corrected chi connectivity index (χ2v) is 6.90. The standard InChI is InChI=1S/C19H20N2O3S/c1-24-16-8-4-14(5-9-16)20-18(22)12-25-17-10-6-15(7-11-17)21-19(23)13-2-3-13/h4-11,13H,2-3,12H2,1H3,(H,20,22)(H,21,23). The summed E-state index contributed by atoms with van der Waals surface area (Å²) in [6.45, 7) is 0. The molecule has 2 N–H and O–H groups in total. The van der Waals surface area contributed by atoms with Crippen LogP contribution in [0.1, 0.15) is 12.8 Å². The van der Waals surface area contributed by atoms with Crippen LogP contribution in [0.15, 0.2) is 53.4 Å². The minimum absolute atomic E-state index is 0.0683. The Balaban J connectivity index is 1.45. The first-order valence-corrected chi connectivity index (χ1v) is 9.10. The van der Waals surface area contributed by atoms with E-state index in [1.807, 2.05) is 24.3 Å². The highest BCUT2D eigenvalue weighted by molar-refractivity contribution is 8.00. The van der Waals surface area contributed by atoms with Gasteiger partial charge in [0.25, 0.3) is 0 Å². The number of hydrogen-bond acceptors (Lipinski definition) is 4. The molecule has 6 heteroatoms. The molecule has 5 nitrogen and oxygen atoms in total. The molecule has 0 heterocycles. The molecule has 1 saturated carbocycles. The maximum absolute atomic E-state index is 12.0. The molecule has 2 aromatic rings. The van der Waals surface area contributed by atoms with Gasteiger partial charge >= 0.3 is 0 Å². The van der Waals surface area contributed by atoms with Crippen molar-refractivity contribution in [2.24, 2.45) is 5.92 Å². The summed E-state index contributed by atoms with van der Waals surface area (Å²) < 4.78 is 5.09. The summed E-state index contributed by atoms with van der Waals surface area (Å²) in [4.78, 5) is 24.7. The van der Waals surface area contributed by atoms with E-state index in [-0.39, 0.29) is 17.7 Å². The maximum Gasteiger partial charge on any atom is 0.234 e. The minimum Gasteiger partial charge on any atom is -0.497 e. The first-order valence-electron chi connectivity index (χ1n) is 8.11. The fraction of sp³-hybridized carbons (Fsp3) is 0.263. The average molecular weight is 356 g/mol. The SMILES string of the molecule is COc1ccc(NC(=O)CSc2ccc(NC(=O)C3CC3)cc2)cc1. The first-order chi connectivity index (χ1) is 12.1. The molecule has 3 rings (SSSR count).